The number of aliphatic carboxylic acids is 1. The minimum atomic E-state index is -3.23. The molecule has 0 aliphatic carbocycles. The minimum Gasteiger partial charge on any atom is -0.479 e. The molecule has 2 atom stereocenters. The van der Waals surface area contributed by atoms with Crippen LogP contribution in [0.5, 0.6) is 0 Å². The van der Waals surface area contributed by atoms with Crippen molar-refractivity contribution in [1.29, 1.82) is 0 Å². The van der Waals surface area contributed by atoms with Crippen LogP contribution < -0.4 is 10.6 Å². The maximum atomic E-state index is 11.4. The van der Waals surface area contributed by atoms with Crippen molar-refractivity contribution in [2.45, 2.75) is 12.1 Å². The molecule has 8 nitrogen and oxygen atoms in total. The van der Waals surface area contributed by atoms with Gasteiger partial charge >= 0.3 is 12.0 Å². The molecule has 1 aliphatic rings. The zero-order valence-corrected chi connectivity index (χ0v) is 10.4. The van der Waals surface area contributed by atoms with Crippen LogP contribution in [0.15, 0.2) is 11.5 Å². The summed E-state index contributed by atoms with van der Waals surface area (Å²) in [6.07, 6.45) is 0.221. The molecule has 18 heavy (non-hydrogen) atoms. The smallest absolute Gasteiger partial charge is 0.334 e. The number of hydrogen-bond donors (Lipinski definition) is 3. The molecule has 0 aromatic heterocycles. The molecule has 1 aliphatic heterocycles. The van der Waals surface area contributed by atoms with Gasteiger partial charge in [0, 0.05) is 12.5 Å². The van der Waals surface area contributed by atoms with Crippen molar-refractivity contribution in [2.75, 3.05) is 19.4 Å². The Morgan fingerprint density at radius 3 is 2.67 bits per heavy atom. The lowest BCUT2D eigenvalue weighted by Gasteiger charge is -2.14. The average Bonchev–Trinajstić information content (AvgIpc) is 2.58. The number of nitrogens with one attached hydrogen (secondary N) is 2. The Kier molecular flexibility index (Phi) is 4.68. The first-order valence-electron chi connectivity index (χ1n) is 5.05. The number of ether oxygens (including phenoxy) is 1. The Morgan fingerprint density at radius 2 is 2.22 bits per heavy atom. The number of hydrogen-bond acceptors (Lipinski definition) is 5. The summed E-state index contributed by atoms with van der Waals surface area (Å²) in [4.78, 5) is 21.9. The number of carbonyl (C=O) groups excluding carboxylic acids is 1. The molecule has 3 N–H and O–H groups in total. The van der Waals surface area contributed by atoms with Gasteiger partial charge in [-0.3, -0.25) is 0 Å². The summed E-state index contributed by atoms with van der Waals surface area (Å²) >= 11 is 0. The summed E-state index contributed by atoms with van der Waals surface area (Å²) < 4.78 is 26.7. The summed E-state index contributed by atoms with van der Waals surface area (Å²) in [5.41, 5.74) is 0. The Morgan fingerprint density at radius 1 is 1.56 bits per heavy atom. The van der Waals surface area contributed by atoms with E-state index in [1.807, 2.05) is 0 Å². The number of amides is 2. The standard InChI is InChI=1S/C9H14N2O6S/c1-17-7(8(12)13)4-10-9(14)11-6-2-3-18(15,16)5-6/h2-3,6-7H,4-5H2,1H3,(H,12,13)(H2,10,11,14). The first-order chi connectivity index (χ1) is 8.34. The van der Waals surface area contributed by atoms with E-state index in [0.717, 1.165) is 5.41 Å². The molecule has 0 saturated heterocycles. The van der Waals surface area contributed by atoms with Gasteiger partial charge in [-0.05, 0) is 6.08 Å². The Balaban J connectivity index is 2.35. The highest BCUT2D eigenvalue weighted by molar-refractivity contribution is 7.94. The molecule has 0 spiro atoms. The van der Waals surface area contributed by atoms with Gasteiger partial charge in [0.25, 0.3) is 0 Å². The van der Waals surface area contributed by atoms with Crippen LogP contribution in [0.3, 0.4) is 0 Å². The van der Waals surface area contributed by atoms with E-state index in [4.69, 9.17) is 5.11 Å². The fraction of sp³-hybridized carbons (Fsp3) is 0.556. The van der Waals surface area contributed by atoms with Gasteiger partial charge in [0.2, 0.25) is 0 Å². The molecule has 1 heterocycles. The van der Waals surface area contributed by atoms with Crippen LogP contribution in [0.4, 0.5) is 4.79 Å². The highest BCUT2D eigenvalue weighted by Gasteiger charge is 2.23. The number of rotatable bonds is 5. The molecule has 102 valence electrons. The molecular formula is C9H14N2O6S. The van der Waals surface area contributed by atoms with Gasteiger partial charge in [-0.15, -0.1) is 0 Å². The zero-order valence-electron chi connectivity index (χ0n) is 9.62. The zero-order chi connectivity index (χ0) is 13.8. The second kappa shape index (κ2) is 5.83. The number of carboxylic acids is 1. The van der Waals surface area contributed by atoms with Gasteiger partial charge < -0.3 is 20.5 Å². The SMILES string of the molecule is COC(CNC(=O)NC1C=CS(=O)(=O)C1)C(=O)O. The maximum absolute atomic E-state index is 11.4. The fourth-order valence-electron chi connectivity index (χ4n) is 1.34. The van der Waals surface area contributed by atoms with Crippen molar-refractivity contribution in [2.24, 2.45) is 0 Å². The minimum absolute atomic E-state index is 0.187. The molecule has 0 radical (unpaired) electrons. The van der Waals surface area contributed by atoms with Crippen LogP contribution in [0.2, 0.25) is 0 Å². The summed E-state index contributed by atoms with van der Waals surface area (Å²) in [6, 6.07) is -1.24. The summed E-state index contributed by atoms with van der Waals surface area (Å²) in [5.74, 6) is -1.38. The number of carboxylic acid groups (broad SMARTS) is 1. The normalized spacial score (nSPS) is 22.4. The number of methoxy groups -OCH3 is 1. The van der Waals surface area contributed by atoms with Gasteiger partial charge in [0.1, 0.15) is 0 Å². The van der Waals surface area contributed by atoms with E-state index in [1.165, 1.54) is 13.2 Å². The first kappa shape index (κ1) is 14.5. The molecular weight excluding hydrogens is 264 g/mol. The molecule has 9 heteroatoms. The first-order valence-corrected chi connectivity index (χ1v) is 6.76. The van der Waals surface area contributed by atoms with E-state index in [1.54, 1.807) is 0 Å². The van der Waals surface area contributed by atoms with E-state index in [9.17, 15) is 18.0 Å². The lowest BCUT2D eigenvalue weighted by Crippen LogP contribution is -2.46. The van der Waals surface area contributed by atoms with Crippen LogP contribution in [0.25, 0.3) is 0 Å². The monoisotopic (exact) mass is 278 g/mol. The van der Waals surface area contributed by atoms with Gasteiger partial charge in [-0.25, -0.2) is 18.0 Å². The molecule has 0 aromatic carbocycles. The van der Waals surface area contributed by atoms with E-state index >= 15 is 0 Å². The molecule has 0 saturated carbocycles. The van der Waals surface area contributed by atoms with Gasteiger partial charge in [0.15, 0.2) is 15.9 Å². The molecule has 0 bridgehead atoms. The average molecular weight is 278 g/mol. The lowest BCUT2D eigenvalue weighted by molar-refractivity contribution is -0.147. The van der Waals surface area contributed by atoms with Crippen molar-refractivity contribution in [1.82, 2.24) is 10.6 Å². The van der Waals surface area contributed by atoms with Gasteiger partial charge in [0.05, 0.1) is 18.3 Å². The Bertz CT molecular complexity index is 458. The largest absolute Gasteiger partial charge is 0.479 e. The topological polar surface area (TPSA) is 122 Å². The van der Waals surface area contributed by atoms with Crippen molar-refractivity contribution in [3.8, 4) is 0 Å². The van der Waals surface area contributed by atoms with E-state index < -0.39 is 34.0 Å². The quantitative estimate of drug-likeness (QED) is 0.574. The predicted octanol–water partition coefficient (Wildman–Crippen LogP) is -1.30. The Labute approximate surface area is 104 Å². The highest BCUT2D eigenvalue weighted by Crippen LogP contribution is 2.07. The highest BCUT2D eigenvalue weighted by atomic mass is 32.2. The third-order valence-corrected chi connectivity index (χ3v) is 3.65. The van der Waals surface area contributed by atoms with Gasteiger partial charge in [-0.1, -0.05) is 0 Å². The number of sulfone groups is 1. The van der Waals surface area contributed by atoms with Crippen molar-refractivity contribution in [3.63, 3.8) is 0 Å². The van der Waals surface area contributed by atoms with Crippen LogP contribution >= 0.6 is 0 Å². The second-order valence-corrected chi connectivity index (χ2v) is 5.61. The molecule has 2 amide bonds. The summed E-state index contributed by atoms with van der Waals surface area (Å²) in [7, 11) is -2.02. The molecule has 0 fully saturated rings. The van der Waals surface area contributed by atoms with E-state index in [-0.39, 0.29) is 12.3 Å². The van der Waals surface area contributed by atoms with Gasteiger partial charge in [-0.2, -0.15) is 0 Å². The second-order valence-electron chi connectivity index (χ2n) is 3.68. The van der Waals surface area contributed by atoms with E-state index in [0.29, 0.717) is 0 Å². The third-order valence-electron chi connectivity index (χ3n) is 2.25. The van der Waals surface area contributed by atoms with Crippen LogP contribution in [-0.2, 0) is 19.4 Å². The lowest BCUT2D eigenvalue weighted by atomic mass is 10.3. The predicted molar refractivity (Wildman–Crippen MR) is 61.7 cm³/mol. The summed E-state index contributed by atoms with van der Waals surface area (Å²) in [6.45, 7) is -0.207. The number of urea groups is 1. The van der Waals surface area contributed by atoms with Crippen molar-refractivity contribution >= 4 is 21.8 Å². The molecule has 2 unspecified atom stereocenters. The van der Waals surface area contributed by atoms with Crippen LogP contribution in [-0.4, -0.2) is 57.1 Å². The van der Waals surface area contributed by atoms with Crippen molar-refractivity contribution < 1.29 is 27.9 Å². The third kappa shape index (κ3) is 4.34. The molecule has 0 aromatic rings. The summed E-state index contributed by atoms with van der Waals surface area (Å²) in [5, 5.41) is 14.4. The maximum Gasteiger partial charge on any atom is 0.334 e. The van der Waals surface area contributed by atoms with Crippen molar-refractivity contribution in [3.05, 3.63) is 11.5 Å². The Hall–Kier alpha value is -1.61. The molecule has 1 rings (SSSR count). The van der Waals surface area contributed by atoms with Crippen LogP contribution in [0, 0.1) is 0 Å². The van der Waals surface area contributed by atoms with Crippen LogP contribution in [0.1, 0.15) is 0 Å². The fourth-order valence-corrected chi connectivity index (χ4v) is 2.58. The number of carbonyl (C=O) groups is 2. The van der Waals surface area contributed by atoms with E-state index in [2.05, 4.69) is 15.4 Å².